The molecule has 25 heavy (non-hydrogen) atoms. The highest BCUT2D eigenvalue weighted by molar-refractivity contribution is 5.67. The Balaban J connectivity index is 2.70. The third-order valence-electron chi connectivity index (χ3n) is 5.60. The smallest absolute Gasteiger partial charge is 0.307 e. The summed E-state index contributed by atoms with van der Waals surface area (Å²) >= 11 is 0. The van der Waals surface area contributed by atoms with Crippen molar-refractivity contribution in [3.05, 3.63) is 12.4 Å². The second-order valence-corrected chi connectivity index (χ2v) is 7.60. The van der Waals surface area contributed by atoms with E-state index in [0.717, 1.165) is 25.9 Å². The van der Waals surface area contributed by atoms with Crippen molar-refractivity contribution < 1.29 is 9.90 Å². The van der Waals surface area contributed by atoms with Crippen LogP contribution >= 0.6 is 0 Å². The number of rotatable bonds is 14. The molecule has 0 aliphatic carbocycles. The Morgan fingerprint density at radius 3 is 1.68 bits per heavy atom. The zero-order valence-electron chi connectivity index (χ0n) is 16.9. The number of carboxylic acids is 1. The maximum absolute atomic E-state index is 11.4. The summed E-state index contributed by atoms with van der Waals surface area (Å²) in [4.78, 5) is 16.0. The third kappa shape index (κ3) is 7.70. The van der Waals surface area contributed by atoms with Crippen molar-refractivity contribution in [2.45, 2.75) is 91.6 Å². The molecular formula is C21H40N2O2. The maximum Gasteiger partial charge on any atom is 0.307 e. The molecule has 0 saturated carbocycles. The highest BCUT2D eigenvalue weighted by atomic mass is 16.4. The van der Waals surface area contributed by atoms with Crippen LogP contribution in [0, 0.1) is 11.8 Å². The van der Waals surface area contributed by atoms with Crippen molar-refractivity contribution >= 4 is 5.97 Å². The minimum absolute atomic E-state index is 0.0103. The Morgan fingerprint density at radius 1 is 0.920 bits per heavy atom. The largest absolute Gasteiger partial charge is 0.481 e. The summed E-state index contributed by atoms with van der Waals surface area (Å²) in [7, 11) is 0. The quantitative estimate of drug-likeness (QED) is 0.460. The van der Waals surface area contributed by atoms with E-state index >= 15 is 0 Å². The first-order valence-corrected chi connectivity index (χ1v) is 10.5. The van der Waals surface area contributed by atoms with E-state index in [1.165, 1.54) is 38.5 Å². The van der Waals surface area contributed by atoms with E-state index in [1.807, 2.05) is 0 Å². The van der Waals surface area contributed by atoms with Crippen LogP contribution < -0.4 is 0 Å². The van der Waals surface area contributed by atoms with Crippen LogP contribution in [-0.4, -0.2) is 40.1 Å². The van der Waals surface area contributed by atoms with E-state index in [4.69, 9.17) is 0 Å². The fraction of sp³-hybridized carbons (Fsp3) is 0.857. The number of nitrogens with zero attached hydrogens (tertiary/aromatic N) is 2. The summed E-state index contributed by atoms with van der Waals surface area (Å²) in [6, 6.07) is 0. The lowest BCUT2D eigenvalue weighted by Crippen LogP contribution is -2.43. The molecule has 2 unspecified atom stereocenters. The molecule has 0 aromatic carbocycles. The molecule has 2 atom stereocenters. The van der Waals surface area contributed by atoms with Gasteiger partial charge in [0.2, 0.25) is 0 Å². The Morgan fingerprint density at radius 2 is 1.36 bits per heavy atom. The van der Waals surface area contributed by atoms with Gasteiger partial charge in [0, 0.05) is 25.5 Å². The Bertz CT molecular complexity index is 369. The number of carboxylic acid groups (broad SMARTS) is 1. The summed E-state index contributed by atoms with van der Waals surface area (Å²) in [6.07, 6.45) is 14.2. The Hall–Kier alpha value is -1.19. The monoisotopic (exact) mass is 352 g/mol. The molecule has 1 aliphatic heterocycles. The van der Waals surface area contributed by atoms with Crippen LogP contribution in [0.1, 0.15) is 85.5 Å². The molecule has 0 spiro atoms. The van der Waals surface area contributed by atoms with Crippen molar-refractivity contribution in [2.24, 2.45) is 11.8 Å². The molecule has 4 heteroatoms. The van der Waals surface area contributed by atoms with Crippen LogP contribution in [0.2, 0.25) is 0 Å². The fourth-order valence-corrected chi connectivity index (χ4v) is 3.75. The number of carbonyl (C=O) groups is 1. The van der Waals surface area contributed by atoms with Gasteiger partial charge < -0.3 is 14.9 Å². The van der Waals surface area contributed by atoms with Gasteiger partial charge >= 0.3 is 5.97 Å². The second-order valence-electron chi connectivity index (χ2n) is 7.60. The van der Waals surface area contributed by atoms with E-state index in [1.54, 1.807) is 0 Å². The summed E-state index contributed by atoms with van der Waals surface area (Å²) in [5, 5.41) is 9.39. The Kier molecular flexibility index (Phi) is 10.7. The predicted molar refractivity (Wildman–Crippen MR) is 105 cm³/mol. The molecule has 0 fully saturated rings. The van der Waals surface area contributed by atoms with E-state index in [2.05, 4.69) is 49.9 Å². The zero-order chi connectivity index (χ0) is 18.7. The molecule has 1 heterocycles. The van der Waals surface area contributed by atoms with Crippen LogP contribution in [0.15, 0.2) is 12.4 Å². The van der Waals surface area contributed by atoms with Crippen molar-refractivity contribution in [1.29, 1.82) is 0 Å². The van der Waals surface area contributed by atoms with Gasteiger partial charge in [-0.25, -0.2) is 0 Å². The average molecular weight is 353 g/mol. The molecule has 4 nitrogen and oxygen atoms in total. The average Bonchev–Trinajstić information content (AvgIpc) is 2.95. The Labute approximate surface area is 155 Å². The standard InChI is InChI=1S/C21H40N2O2/c1-5-9-11-18(7-3)16-22-13-14-23(20(22)15-21(24)25)17-19(8-4)12-10-6-2/h13-14,18-20H,5-12,15-17H2,1-4H3,(H,24,25). The molecule has 0 radical (unpaired) electrons. The van der Waals surface area contributed by atoms with Gasteiger partial charge in [-0.1, -0.05) is 66.2 Å². The molecule has 0 bridgehead atoms. The highest BCUT2D eigenvalue weighted by Gasteiger charge is 2.30. The molecule has 0 aromatic rings. The minimum Gasteiger partial charge on any atom is -0.481 e. The van der Waals surface area contributed by atoms with Gasteiger partial charge in [0.1, 0.15) is 6.17 Å². The molecule has 0 saturated heterocycles. The van der Waals surface area contributed by atoms with Gasteiger partial charge in [0.15, 0.2) is 0 Å². The first-order valence-electron chi connectivity index (χ1n) is 10.5. The number of hydrogen-bond acceptors (Lipinski definition) is 3. The molecule has 0 aromatic heterocycles. The first kappa shape index (κ1) is 21.9. The van der Waals surface area contributed by atoms with E-state index in [-0.39, 0.29) is 12.6 Å². The van der Waals surface area contributed by atoms with Crippen molar-refractivity contribution in [3.8, 4) is 0 Å². The molecule has 0 amide bonds. The number of hydrogen-bond donors (Lipinski definition) is 1. The lowest BCUT2D eigenvalue weighted by molar-refractivity contribution is -0.139. The molecular weight excluding hydrogens is 312 g/mol. The van der Waals surface area contributed by atoms with Gasteiger partial charge in [0.05, 0.1) is 6.42 Å². The normalized spacial score (nSPS) is 19.4. The molecule has 1 rings (SSSR count). The van der Waals surface area contributed by atoms with Crippen molar-refractivity contribution in [1.82, 2.24) is 9.80 Å². The van der Waals surface area contributed by atoms with Gasteiger partial charge in [-0.3, -0.25) is 4.79 Å². The lowest BCUT2D eigenvalue weighted by atomic mass is 9.97. The van der Waals surface area contributed by atoms with E-state index in [9.17, 15) is 9.90 Å². The molecule has 1 aliphatic rings. The van der Waals surface area contributed by atoms with Crippen molar-refractivity contribution in [2.75, 3.05) is 13.1 Å². The SMILES string of the molecule is CCCCC(CC)CN1C=CN(CC(CC)CCCC)C1CC(=O)O. The fourth-order valence-electron chi connectivity index (χ4n) is 3.75. The van der Waals surface area contributed by atoms with Crippen LogP contribution in [0.25, 0.3) is 0 Å². The summed E-state index contributed by atoms with van der Waals surface area (Å²) in [5.41, 5.74) is 0. The summed E-state index contributed by atoms with van der Waals surface area (Å²) in [6.45, 7) is 10.9. The number of unbranched alkanes of at least 4 members (excludes halogenated alkanes) is 2. The van der Waals surface area contributed by atoms with Gasteiger partial charge in [-0.05, 0) is 24.7 Å². The minimum atomic E-state index is -0.702. The number of aliphatic carboxylic acids is 1. The van der Waals surface area contributed by atoms with Crippen LogP contribution in [0.5, 0.6) is 0 Å². The topological polar surface area (TPSA) is 43.8 Å². The van der Waals surface area contributed by atoms with Gasteiger partial charge in [-0.2, -0.15) is 0 Å². The van der Waals surface area contributed by atoms with Gasteiger partial charge in [-0.15, -0.1) is 0 Å². The second kappa shape index (κ2) is 12.2. The van der Waals surface area contributed by atoms with E-state index in [0.29, 0.717) is 11.8 Å². The van der Waals surface area contributed by atoms with Crippen LogP contribution in [0.4, 0.5) is 0 Å². The first-order chi connectivity index (χ1) is 12.0. The van der Waals surface area contributed by atoms with Crippen molar-refractivity contribution in [3.63, 3.8) is 0 Å². The molecule has 146 valence electrons. The van der Waals surface area contributed by atoms with Crippen LogP contribution in [-0.2, 0) is 4.79 Å². The van der Waals surface area contributed by atoms with Gasteiger partial charge in [0.25, 0.3) is 0 Å². The molecule has 1 N–H and O–H groups in total. The third-order valence-corrected chi connectivity index (χ3v) is 5.60. The summed E-state index contributed by atoms with van der Waals surface area (Å²) < 4.78 is 0. The van der Waals surface area contributed by atoms with E-state index < -0.39 is 5.97 Å². The maximum atomic E-state index is 11.4. The highest BCUT2D eigenvalue weighted by Crippen LogP contribution is 2.26. The van der Waals surface area contributed by atoms with Crippen LogP contribution in [0.3, 0.4) is 0 Å². The lowest BCUT2D eigenvalue weighted by Gasteiger charge is -2.35. The zero-order valence-corrected chi connectivity index (χ0v) is 16.9. The summed E-state index contributed by atoms with van der Waals surface area (Å²) in [5.74, 6) is 0.609. The predicted octanol–water partition coefficient (Wildman–Crippen LogP) is 5.31.